The van der Waals surface area contributed by atoms with E-state index in [2.05, 4.69) is 63.9 Å². The second-order valence-electron chi connectivity index (χ2n) is 5.35. The lowest BCUT2D eigenvalue weighted by Gasteiger charge is -2.30. The van der Waals surface area contributed by atoms with Crippen LogP contribution in [-0.2, 0) is 13.0 Å². The SMILES string of the molecule is CCN(CC)c1cc(N2CCc3ccccc3C2)ncn1. The third-order valence-electron chi connectivity index (χ3n) is 4.18. The Morgan fingerprint density at radius 2 is 1.86 bits per heavy atom. The van der Waals surface area contributed by atoms with E-state index in [0.717, 1.165) is 44.2 Å². The van der Waals surface area contributed by atoms with Crippen molar-refractivity contribution in [3.63, 3.8) is 0 Å². The lowest BCUT2D eigenvalue weighted by molar-refractivity contribution is 0.717. The van der Waals surface area contributed by atoms with Gasteiger partial charge in [0.15, 0.2) is 0 Å². The summed E-state index contributed by atoms with van der Waals surface area (Å²) in [6, 6.07) is 10.8. The van der Waals surface area contributed by atoms with Gasteiger partial charge >= 0.3 is 0 Å². The van der Waals surface area contributed by atoms with Crippen LogP contribution in [0.3, 0.4) is 0 Å². The largest absolute Gasteiger partial charge is 0.357 e. The van der Waals surface area contributed by atoms with Crippen LogP contribution in [0.2, 0.25) is 0 Å². The third kappa shape index (κ3) is 2.84. The van der Waals surface area contributed by atoms with Crippen LogP contribution in [0, 0.1) is 0 Å². The number of nitrogens with zero attached hydrogens (tertiary/aromatic N) is 4. The minimum Gasteiger partial charge on any atom is -0.357 e. The summed E-state index contributed by atoms with van der Waals surface area (Å²) >= 11 is 0. The highest BCUT2D eigenvalue weighted by atomic mass is 15.2. The molecule has 2 heterocycles. The summed E-state index contributed by atoms with van der Waals surface area (Å²) in [5, 5.41) is 0. The van der Waals surface area contributed by atoms with Crippen molar-refractivity contribution in [2.75, 3.05) is 29.4 Å². The molecule has 0 atom stereocenters. The van der Waals surface area contributed by atoms with E-state index in [1.165, 1.54) is 11.1 Å². The van der Waals surface area contributed by atoms with Crippen molar-refractivity contribution >= 4 is 11.6 Å². The van der Waals surface area contributed by atoms with Gasteiger partial charge in [-0.1, -0.05) is 24.3 Å². The van der Waals surface area contributed by atoms with E-state index in [1.54, 1.807) is 6.33 Å². The van der Waals surface area contributed by atoms with Crippen molar-refractivity contribution < 1.29 is 0 Å². The molecule has 3 rings (SSSR count). The number of anilines is 2. The van der Waals surface area contributed by atoms with Gasteiger partial charge in [0.1, 0.15) is 18.0 Å². The average Bonchev–Trinajstić information content (AvgIpc) is 2.56. The fourth-order valence-electron chi connectivity index (χ4n) is 2.92. The van der Waals surface area contributed by atoms with Gasteiger partial charge in [-0.3, -0.25) is 0 Å². The van der Waals surface area contributed by atoms with Crippen LogP contribution in [0.25, 0.3) is 0 Å². The zero-order valence-corrected chi connectivity index (χ0v) is 12.8. The van der Waals surface area contributed by atoms with Crippen molar-refractivity contribution in [1.29, 1.82) is 0 Å². The first-order chi connectivity index (χ1) is 10.3. The Morgan fingerprint density at radius 3 is 2.62 bits per heavy atom. The zero-order chi connectivity index (χ0) is 14.7. The second-order valence-corrected chi connectivity index (χ2v) is 5.35. The molecule has 0 amide bonds. The first-order valence-corrected chi connectivity index (χ1v) is 7.70. The first-order valence-electron chi connectivity index (χ1n) is 7.70. The maximum atomic E-state index is 4.48. The third-order valence-corrected chi connectivity index (χ3v) is 4.18. The van der Waals surface area contributed by atoms with Crippen molar-refractivity contribution in [1.82, 2.24) is 9.97 Å². The fourth-order valence-corrected chi connectivity index (χ4v) is 2.92. The zero-order valence-electron chi connectivity index (χ0n) is 12.8. The molecule has 4 nitrogen and oxygen atoms in total. The predicted octanol–water partition coefficient (Wildman–Crippen LogP) is 2.89. The van der Waals surface area contributed by atoms with Gasteiger partial charge in [-0.05, 0) is 31.4 Å². The molecule has 4 heteroatoms. The van der Waals surface area contributed by atoms with Gasteiger partial charge in [0.05, 0.1) is 0 Å². The van der Waals surface area contributed by atoms with E-state index in [1.807, 2.05) is 0 Å². The van der Waals surface area contributed by atoms with Gasteiger partial charge in [0, 0.05) is 32.2 Å². The number of benzene rings is 1. The average molecular weight is 282 g/mol. The molecule has 0 saturated heterocycles. The van der Waals surface area contributed by atoms with Crippen LogP contribution in [0.5, 0.6) is 0 Å². The summed E-state index contributed by atoms with van der Waals surface area (Å²) in [5.74, 6) is 2.05. The highest BCUT2D eigenvalue weighted by Gasteiger charge is 2.18. The van der Waals surface area contributed by atoms with Crippen LogP contribution < -0.4 is 9.80 Å². The van der Waals surface area contributed by atoms with E-state index >= 15 is 0 Å². The molecule has 0 saturated carbocycles. The maximum Gasteiger partial charge on any atom is 0.134 e. The maximum absolute atomic E-state index is 4.48. The fraction of sp³-hybridized carbons (Fsp3) is 0.412. The minimum atomic E-state index is 0.935. The molecule has 0 unspecified atom stereocenters. The first kappa shape index (κ1) is 13.9. The molecule has 1 aromatic carbocycles. The molecule has 1 aliphatic rings. The number of aromatic nitrogens is 2. The van der Waals surface area contributed by atoms with Gasteiger partial charge in [0.25, 0.3) is 0 Å². The van der Waals surface area contributed by atoms with Gasteiger partial charge in [-0.2, -0.15) is 0 Å². The molecule has 0 fully saturated rings. The molecule has 0 bridgehead atoms. The van der Waals surface area contributed by atoms with E-state index in [4.69, 9.17) is 0 Å². The summed E-state index contributed by atoms with van der Waals surface area (Å²) in [6.07, 6.45) is 2.77. The Labute approximate surface area is 126 Å². The monoisotopic (exact) mass is 282 g/mol. The van der Waals surface area contributed by atoms with Crippen molar-refractivity contribution in [3.8, 4) is 0 Å². The molecule has 0 radical (unpaired) electrons. The molecular weight excluding hydrogens is 260 g/mol. The van der Waals surface area contributed by atoms with Crippen LogP contribution >= 0.6 is 0 Å². The van der Waals surface area contributed by atoms with Crippen LogP contribution in [0.4, 0.5) is 11.6 Å². The molecule has 2 aromatic rings. The Kier molecular flexibility index (Phi) is 4.04. The number of rotatable bonds is 4. The van der Waals surface area contributed by atoms with Crippen LogP contribution in [0.15, 0.2) is 36.7 Å². The van der Waals surface area contributed by atoms with Crippen LogP contribution in [0.1, 0.15) is 25.0 Å². The smallest absolute Gasteiger partial charge is 0.134 e. The van der Waals surface area contributed by atoms with E-state index in [-0.39, 0.29) is 0 Å². The summed E-state index contributed by atoms with van der Waals surface area (Å²) in [4.78, 5) is 13.5. The minimum absolute atomic E-state index is 0.935. The van der Waals surface area contributed by atoms with Gasteiger partial charge < -0.3 is 9.80 Å². The lowest BCUT2D eigenvalue weighted by Crippen LogP contribution is -2.31. The molecule has 21 heavy (non-hydrogen) atoms. The summed E-state index contributed by atoms with van der Waals surface area (Å²) in [7, 11) is 0. The standard InChI is InChI=1S/C17H22N4/c1-3-20(4-2)16-11-17(19-13-18-16)21-10-9-14-7-5-6-8-15(14)12-21/h5-8,11,13H,3-4,9-10,12H2,1-2H3. The summed E-state index contributed by atoms with van der Waals surface area (Å²) < 4.78 is 0. The normalized spacial score (nSPS) is 13.9. The second kappa shape index (κ2) is 6.12. The highest BCUT2D eigenvalue weighted by Crippen LogP contribution is 2.24. The van der Waals surface area contributed by atoms with Gasteiger partial charge in [-0.15, -0.1) is 0 Å². The van der Waals surface area contributed by atoms with Crippen LogP contribution in [-0.4, -0.2) is 29.6 Å². The van der Waals surface area contributed by atoms with Gasteiger partial charge in [0.2, 0.25) is 0 Å². The number of hydrogen-bond acceptors (Lipinski definition) is 4. The topological polar surface area (TPSA) is 32.3 Å². The Hall–Kier alpha value is -2.10. The van der Waals surface area contributed by atoms with Crippen molar-refractivity contribution in [3.05, 3.63) is 47.8 Å². The molecule has 0 spiro atoms. The van der Waals surface area contributed by atoms with E-state index < -0.39 is 0 Å². The van der Waals surface area contributed by atoms with E-state index in [9.17, 15) is 0 Å². The molecule has 110 valence electrons. The summed E-state index contributed by atoms with van der Waals surface area (Å²) in [6.45, 7) is 8.20. The molecule has 0 aliphatic carbocycles. The summed E-state index contributed by atoms with van der Waals surface area (Å²) in [5.41, 5.74) is 2.87. The number of hydrogen-bond donors (Lipinski definition) is 0. The number of fused-ring (bicyclic) bond motifs is 1. The molecule has 1 aliphatic heterocycles. The highest BCUT2D eigenvalue weighted by molar-refractivity contribution is 5.51. The predicted molar refractivity (Wildman–Crippen MR) is 86.8 cm³/mol. The molecule has 0 N–H and O–H groups in total. The Balaban J connectivity index is 1.84. The molecule has 1 aromatic heterocycles. The Morgan fingerprint density at radius 1 is 1.10 bits per heavy atom. The Bertz CT molecular complexity index is 607. The molecular formula is C17H22N4. The van der Waals surface area contributed by atoms with Crippen molar-refractivity contribution in [2.45, 2.75) is 26.8 Å². The van der Waals surface area contributed by atoms with Crippen molar-refractivity contribution in [2.24, 2.45) is 0 Å². The lowest BCUT2D eigenvalue weighted by atomic mass is 10.00. The quantitative estimate of drug-likeness (QED) is 0.863. The van der Waals surface area contributed by atoms with Gasteiger partial charge in [-0.25, -0.2) is 9.97 Å². The van der Waals surface area contributed by atoms with E-state index in [0.29, 0.717) is 0 Å².